The van der Waals surface area contributed by atoms with Gasteiger partial charge in [-0.2, -0.15) is 0 Å². The molecule has 5 heteroatoms. The first kappa shape index (κ1) is 16.0. The van der Waals surface area contributed by atoms with E-state index in [0.717, 1.165) is 32.5 Å². The summed E-state index contributed by atoms with van der Waals surface area (Å²) < 4.78 is 1.72. The van der Waals surface area contributed by atoms with E-state index in [2.05, 4.69) is 36.0 Å². The molecule has 2 heterocycles. The van der Waals surface area contributed by atoms with Crippen molar-refractivity contribution in [2.45, 2.75) is 52.6 Å². The first-order valence-electron chi connectivity index (χ1n) is 7.96. The summed E-state index contributed by atoms with van der Waals surface area (Å²) in [7, 11) is 0. The van der Waals surface area contributed by atoms with Gasteiger partial charge in [0.15, 0.2) is 5.82 Å². The van der Waals surface area contributed by atoms with Crippen molar-refractivity contribution < 1.29 is 0 Å². The van der Waals surface area contributed by atoms with Crippen molar-refractivity contribution >= 4 is 5.82 Å². The van der Waals surface area contributed by atoms with E-state index in [1.165, 1.54) is 0 Å². The largest absolute Gasteiger partial charge is 0.352 e. The Morgan fingerprint density at radius 3 is 2.57 bits per heavy atom. The first-order chi connectivity index (χ1) is 9.90. The molecule has 0 amide bonds. The number of hydrogen-bond donors (Lipinski definition) is 1. The molecule has 1 fully saturated rings. The molecule has 21 heavy (non-hydrogen) atoms. The average Bonchev–Trinajstić information content (AvgIpc) is 2.45. The highest BCUT2D eigenvalue weighted by Gasteiger charge is 2.23. The van der Waals surface area contributed by atoms with Gasteiger partial charge in [-0.3, -0.25) is 4.79 Å². The fourth-order valence-electron chi connectivity index (χ4n) is 2.70. The van der Waals surface area contributed by atoms with Gasteiger partial charge in [-0.25, -0.2) is 4.98 Å². The molecule has 0 aromatic carbocycles. The second-order valence-corrected chi connectivity index (χ2v) is 6.90. The number of nitrogens with zero attached hydrogens (tertiary/aromatic N) is 3. The smallest absolute Gasteiger partial charge is 0.293 e. The zero-order valence-electron chi connectivity index (χ0n) is 13.7. The van der Waals surface area contributed by atoms with Crippen LogP contribution >= 0.6 is 0 Å². The zero-order valence-corrected chi connectivity index (χ0v) is 13.7. The lowest BCUT2D eigenvalue weighted by atomic mass is 9.95. The molecule has 0 spiro atoms. The molecular weight excluding hydrogens is 264 g/mol. The summed E-state index contributed by atoms with van der Waals surface area (Å²) in [5.41, 5.74) is 0.207. The van der Waals surface area contributed by atoms with Crippen molar-refractivity contribution in [3.63, 3.8) is 0 Å². The summed E-state index contributed by atoms with van der Waals surface area (Å²) in [6.45, 7) is 12.2. The summed E-state index contributed by atoms with van der Waals surface area (Å²) in [5, 5.41) is 3.58. The van der Waals surface area contributed by atoms with Crippen LogP contribution in [-0.4, -0.2) is 34.7 Å². The minimum absolute atomic E-state index is 0.0336. The normalized spacial score (nSPS) is 17.2. The molecule has 1 aliphatic rings. The van der Waals surface area contributed by atoms with E-state index in [1.807, 2.05) is 6.92 Å². The van der Waals surface area contributed by atoms with Crippen LogP contribution < -0.4 is 15.8 Å². The lowest BCUT2D eigenvalue weighted by molar-refractivity contribution is 0.328. The highest BCUT2D eigenvalue weighted by Crippen LogP contribution is 2.19. The molecule has 1 aromatic rings. The van der Waals surface area contributed by atoms with E-state index in [1.54, 1.807) is 17.0 Å². The Kier molecular flexibility index (Phi) is 5.04. The maximum absolute atomic E-state index is 12.3. The molecule has 0 bridgehead atoms. The highest BCUT2D eigenvalue weighted by molar-refractivity contribution is 5.36. The summed E-state index contributed by atoms with van der Waals surface area (Å²) >= 11 is 0. The lowest BCUT2D eigenvalue weighted by Gasteiger charge is -2.34. The third-order valence-corrected chi connectivity index (χ3v) is 4.07. The molecule has 1 saturated heterocycles. The molecule has 1 N–H and O–H groups in total. The first-order valence-corrected chi connectivity index (χ1v) is 7.96. The lowest BCUT2D eigenvalue weighted by Crippen LogP contribution is -2.44. The molecule has 0 saturated carbocycles. The van der Waals surface area contributed by atoms with Crippen molar-refractivity contribution in [2.24, 2.45) is 5.92 Å². The van der Waals surface area contributed by atoms with Crippen LogP contribution in [-0.2, 0) is 6.54 Å². The summed E-state index contributed by atoms with van der Waals surface area (Å²) in [4.78, 5) is 18.7. The van der Waals surface area contributed by atoms with Gasteiger partial charge in [0.2, 0.25) is 0 Å². The molecule has 0 aliphatic carbocycles. The second-order valence-electron chi connectivity index (χ2n) is 6.90. The number of piperidine rings is 1. The molecule has 1 aliphatic heterocycles. The standard InChI is InChI=1S/C16H28N4O/c1-5-19-11-8-17-14(15(19)21)20-9-6-13(7-10-20)12-18-16(2,3)4/h8,11,13,18H,5-7,9-10,12H2,1-4H3. The third-order valence-electron chi connectivity index (χ3n) is 4.07. The summed E-state index contributed by atoms with van der Waals surface area (Å²) in [6, 6.07) is 0. The molecule has 0 radical (unpaired) electrons. The van der Waals surface area contributed by atoms with Crippen LogP contribution in [0, 0.1) is 5.92 Å². The zero-order chi connectivity index (χ0) is 15.5. The van der Waals surface area contributed by atoms with E-state index >= 15 is 0 Å². The van der Waals surface area contributed by atoms with Crippen molar-refractivity contribution in [3.8, 4) is 0 Å². The predicted octanol–water partition coefficient (Wildman–Crippen LogP) is 1.87. The van der Waals surface area contributed by atoms with E-state index in [0.29, 0.717) is 18.3 Å². The minimum Gasteiger partial charge on any atom is -0.352 e. The van der Waals surface area contributed by atoms with E-state index in [4.69, 9.17) is 0 Å². The SMILES string of the molecule is CCn1ccnc(N2CCC(CNC(C)(C)C)CC2)c1=O. The van der Waals surface area contributed by atoms with Gasteiger partial charge in [0.05, 0.1) is 0 Å². The van der Waals surface area contributed by atoms with Crippen LogP contribution in [0.25, 0.3) is 0 Å². The number of aromatic nitrogens is 2. The number of rotatable bonds is 4. The molecule has 5 nitrogen and oxygen atoms in total. The number of hydrogen-bond acceptors (Lipinski definition) is 4. The second kappa shape index (κ2) is 6.60. The topological polar surface area (TPSA) is 50.2 Å². The summed E-state index contributed by atoms with van der Waals surface area (Å²) in [6.07, 6.45) is 5.72. The minimum atomic E-state index is 0.0336. The van der Waals surface area contributed by atoms with Crippen molar-refractivity contribution in [1.29, 1.82) is 0 Å². The molecule has 1 aromatic heterocycles. The Hall–Kier alpha value is -1.36. The number of anilines is 1. The quantitative estimate of drug-likeness (QED) is 0.920. The average molecular weight is 292 g/mol. The van der Waals surface area contributed by atoms with Gasteiger partial charge in [-0.1, -0.05) is 0 Å². The van der Waals surface area contributed by atoms with Gasteiger partial charge in [0.25, 0.3) is 5.56 Å². The van der Waals surface area contributed by atoms with Crippen LogP contribution in [0.15, 0.2) is 17.2 Å². The Labute approximate surface area is 127 Å². The molecule has 118 valence electrons. The van der Waals surface area contributed by atoms with Crippen LogP contribution in [0.5, 0.6) is 0 Å². The van der Waals surface area contributed by atoms with Crippen molar-refractivity contribution in [1.82, 2.24) is 14.9 Å². The molecule has 0 unspecified atom stereocenters. The van der Waals surface area contributed by atoms with Gasteiger partial charge in [-0.05, 0) is 53.0 Å². The van der Waals surface area contributed by atoms with Crippen molar-refractivity contribution in [3.05, 3.63) is 22.7 Å². The maximum atomic E-state index is 12.3. The van der Waals surface area contributed by atoms with Crippen LogP contribution in [0.1, 0.15) is 40.5 Å². The van der Waals surface area contributed by atoms with Gasteiger partial charge in [0, 0.05) is 37.6 Å². The van der Waals surface area contributed by atoms with Gasteiger partial charge in [0.1, 0.15) is 0 Å². The third kappa shape index (κ3) is 4.30. The van der Waals surface area contributed by atoms with E-state index in [9.17, 15) is 4.79 Å². The Bertz CT molecular complexity index is 510. The molecule has 0 atom stereocenters. The molecular formula is C16H28N4O. The van der Waals surface area contributed by atoms with Crippen LogP contribution in [0.3, 0.4) is 0 Å². The fourth-order valence-corrected chi connectivity index (χ4v) is 2.70. The van der Waals surface area contributed by atoms with E-state index in [-0.39, 0.29) is 11.1 Å². The highest BCUT2D eigenvalue weighted by atomic mass is 16.1. The predicted molar refractivity (Wildman–Crippen MR) is 86.9 cm³/mol. The number of aryl methyl sites for hydroxylation is 1. The van der Waals surface area contributed by atoms with Gasteiger partial charge >= 0.3 is 0 Å². The Morgan fingerprint density at radius 1 is 1.33 bits per heavy atom. The molecule has 2 rings (SSSR count). The Morgan fingerprint density at radius 2 is 2.00 bits per heavy atom. The maximum Gasteiger partial charge on any atom is 0.293 e. The van der Waals surface area contributed by atoms with Crippen molar-refractivity contribution in [2.75, 3.05) is 24.5 Å². The Balaban J connectivity index is 1.94. The van der Waals surface area contributed by atoms with Gasteiger partial charge < -0.3 is 14.8 Å². The summed E-state index contributed by atoms with van der Waals surface area (Å²) in [5.74, 6) is 1.30. The monoisotopic (exact) mass is 292 g/mol. The number of nitrogens with one attached hydrogen (secondary N) is 1. The van der Waals surface area contributed by atoms with E-state index < -0.39 is 0 Å². The van der Waals surface area contributed by atoms with Crippen LogP contribution in [0.2, 0.25) is 0 Å². The fraction of sp³-hybridized carbons (Fsp3) is 0.750. The van der Waals surface area contributed by atoms with Crippen LogP contribution in [0.4, 0.5) is 5.82 Å². The van der Waals surface area contributed by atoms with Gasteiger partial charge in [-0.15, -0.1) is 0 Å².